The molecule has 0 saturated heterocycles. The second kappa shape index (κ2) is 8.99. The van der Waals surface area contributed by atoms with Gasteiger partial charge in [0.1, 0.15) is 5.69 Å². The third-order valence-electron chi connectivity index (χ3n) is 4.53. The number of benzene rings is 2. The molecule has 6 nitrogen and oxygen atoms in total. The summed E-state index contributed by atoms with van der Waals surface area (Å²) in [5.74, 6) is -0.495. The van der Waals surface area contributed by atoms with Crippen molar-refractivity contribution < 1.29 is 9.59 Å². The van der Waals surface area contributed by atoms with Crippen molar-refractivity contribution in [3.8, 4) is 0 Å². The number of carbonyl (C=O) groups is 2. The van der Waals surface area contributed by atoms with E-state index in [0.717, 1.165) is 16.8 Å². The summed E-state index contributed by atoms with van der Waals surface area (Å²) >= 11 is 0. The van der Waals surface area contributed by atoms with Crippen LogP contribution in [0.2, 0.25) is 0 Å². The number of hydrogen-bond donors (Lipinski definition) is 1. The minimum Gasteiger partial charge on any atom is -0.342 e. The summed E-state index contributed by atoms with van der Waals surface area (Å²) in [4.78, 5) is 26.9. The molecule has 2 amide bonds. The van der Waals surface area contributed by atoms with Crippen molar-refractivity contribution in [2.75, 3.05) is 6.54 Å². The Morgan fingerprint density at radius 1 is 0.964 bits per heavy atom. The number of nitrogens with zero attached hydrogens (tertiary/aromatic N) is 3. The Labute approximate surface area is 164 Å². The normalized spacial score (nSPS) is 10.5. The molecule has 28 heavy (non-hydrogen) atoms. The minimum atomic E-state index is -0.351. The fourth-order valence-corrected chi connectivity index (χ4v) is 2.87. The summed E-state index contributed by atoms with van der Waals surface area (Å²) in [5.41, 5.74) is 3.27. The third-order valence-corrected chi connectivity index (χ3v) is 4.53. The first-order valence-corrected chi connectivity index (χ1v) is 9.17. The number of aryl methyl sites for hydroxylation is 2. The van der Waals surface area contributed by atoms with Crippen LogP contribution in [0.4, 0.5) is 0 Å². The average molecular weight is 376 g/mol. The third kappa shape index (κ3) is 5.07. The van der Waals surface area contributed by atoms with Crippen molar-refractivity contribution in [3.63, 3.8) is 0 Å². The van der Waals surface area contributed by atoms with Crippen LogP contribution in [0.1, 0.15) is 27.3 Å². The van der Waals surface area contributed by atoms with Gasteiger partial charge in [-0.15, -0.1) is 0 Å². The number of hydrogen-bond acceptors (Lipinski definition) is 3. The fourth-order valence-electron chi connectivity index (χ4n) is 2.87. The molecule has 2 aromatic carbocycles. The van der Waals surface area contributed by atoms with Gasteiger partial charge in [-0.25, -0.2) is 0 Å². The molecule has 3 aromatic rings. The maximum atomic E-state index is 12.8. The highest BCUT2D eigenvalue weighted by Crippen LogP contribution is 2.10. The molecule has 1 heterocycles. The van der Waals surface area contributed by atoms with Crippen LogP contribution in [-0.4, -0.2) is 33.0 Å². The largest absolute Gasteiger partial charge is 0.342 e. The molecular formula is C22H24N4O2. The molecular weight excluding hydrogens is 352 g/mol. The van der Waals surface area contributed by atoms with E-state index in [1.165, 1.54) is 0 Å². The Kier molecular flexibility index (Phi) is 6.22. The van der Waals surface area contributed by atoms with E-state index in [0.29, 0.717) is 18.8 Å². The summed E-state index contributed by atoms with van der Waals surface area (Å²) < 4.78 is 1.63. The van der Waals surface area contributed by atoms with E-state index in [2.05, 4.69) is 10.4 Å². The summed E-state index contributed by atoms with van der Waals surface area (Å²) in [7, 11) is 1.78. The van der Waals surface area contributed by atoms with Gasteiger partial charge in [-0.1, -0.05) is 60.7 Å². The maximum Gasteiger partial charge on any atom is 0.272 e. The molecule has 0 saturated carbocycles. The predicted molar refractivity (Wildman–Crippen MR) is 107 cm³/mol. The van der Waals surface area contributed by atoms with Crippen molar-refractivity contribution in [2.24, 2.45) is 7.05 Å². The molecule has 0 atom stereocenters. The Morgan fingerprint density at radius 3 is 1.96 bits per heavy atom. The number of amides is 2. The highest BCUT2D eigenvalue weighted by atomic mass is 16.2. The second-order valence-electron chi connectivity index (χ2n) is 6.70. The Morgan fingerprint density at radius 2 is 1.50 bits per heavy atom. The monoisotopic (exact) mass is 376 g/mol. The highest BCUT2D eigenvalue weighted by Gasteiger charge is 2.17. The smallest absolute Gasteiger partial charge is 0.272 e. The Hall–Kier alpha value is -3.41. The zero-order chi connectivity index (χ0) is 19.9. The molecule has 1 N–H and O–H groups in total. The summed E-state index contributed by atoms with van der Waals surface area (Å²) in [5, 5.41) is 6.83. The molecule has 1 aromatic heterocycles. The van der Waals surface area contributed by atoms with Crippen LogP contribution >= 0.6 is 0 Å². The van der Waals surface area contributed by atoms with Crippen molar-refractivity contribution >= 4 is 11.8 Å². The zero-order valence-electron chi connectivity index (χ0n) is 16.1. The molecule has 3 rings (SSSR count). The fraction of sp³-hybridized carbons (Fsp3) is 0.227. The Bertz CT molecular complexity index is 875. The van der Waals surface area contributed by atoms with Crippen LogP contribution in [0.25, 0.3) is 0 Å². The van der Waals surface area contributed by atoms with Gasteiger partial charge in [-0.3, -0.25) is 14.3 Å². The molecule has 0 aliphatic rings. The minimum absolute atomic E-state index is 0.0753. The van der Waals surface area contributed by atoms with Gasteiger partial charge in [-0.05, 0) is 24.1 Å². The number of nitrogens with one attached hydrogen (secondary N) is 1. The van der Waals surface area contributed by atoms with E-state index in [4.69, 9.17) is 0 Å². The molecule has 0 radical (unpaired) electrons. The SMILES string of the molecule is Cc1cc(C(=O)NCC(=O)N(Cc2ccccc2)Cc2ccccc2)nn1C. The molecule has 0 unspecified atom stereocenters. The molecule has 6 heteroatoms. The van der Waals surface area contributed by atoms with Gasteiger partial charge in [0.05, 0.1) is 6.54 Å². The lowest BCUT2D eigenvalue weighted by Crippen LogP contribution is -2.39. The molecule has 0 bridgehead atoms. The zero-order valence-corrected chi connectivity index (χ0v) is 16.1. The van der Waals surface area contributed by atoms with Gasteiger partial charge in [0.2, 0.25) is 5.91 Å². The molecule has 0 aliphatic carbocycles. The quantitative estimate of drug-likeness (QED) is 0.689. The van der Waals surface area contributed by atoms with E-state index < -0.39 is 0 Å². The summed E-state index contributed by atoms with van der Waals surface area (Å²) in [6.07, 6.45) is 0. The Balaban J connectivity index is 1.67. The maximum absolute atomic E-state index is 12.8. The van der Waals surface area contributed by atoms with Crippen LogP contribution in [-0.2, 0) is 24.9 Å². The van der Waals surface area contributed by atoms with Crippen LogP contribution in [0.3, 0.4) is 0 Å². The van der Waals surface area contributed by atoms with Gasteiger partial charge in [0.15, 0.2) is 0 Å². The van der Waals surface area contributed by atoms with Crippen LogP contribution < -0.4 is 5.32 Å². The lowest BCUT2D eigenvalue weighted by molar-refractivity contribution is -0.131. The van der Waals surface area contributed by atoms with Gasteiger partial charge in [-0.2, -0.15) is 5.10 Å². The number of carbonyl (C=O) groups excluding carboxylic acids is 2. The van der Waals surface area contributed by atoms with E-state index >= 15 is 0 Å². The van der Waals surface area contributed by atoms with Crippen molar-refractivity contribution in [3.05, 3.63) is 89.2 Å². The summed E-state index contributed by atoms with van der Waals surface area (Å²) in [6, 6.07) is 21.3. The standard InChI is InChI=1S/C22H24N4O2/c1-17-13-20(24-25(17)2)22(28)23-14-21(27)26(15-18-9-5-3-6-10-18)16-19-11-7-4-8-12-19/h3-13H,14-16H2,1-2H3,(H,23,28). The predicted octanol–water partition coefficient (Wildman–Crippen LogP) is 2.69. The average Bonchev–Trinajstić information content (AvgIpc) is 3.05. The van der Waals surface area contributed by atoms with Crippen LogP contribution in [0.15, 0.2) is 66.7 Å². The number of aromatic nitrogens is 2. The van der Waals surface area contributed by atoms with E-state index in [1.54, 1.807) is 22.7 Å². The molecule has 0 fully saturated rings. The van der Waals surface area contributed by atoms with Gasteiger partial charge in [0, 0.05) is 25.8 Å². The summed E-state index contributed by atoms with van der Waals surface area (Å²) in [6.45, 7) is 2.75. The van der Waals surface area contributed by atoms with Crippen molar-refractivity contribution in [1.82, 2.24) is 20.0 Å². The van der Waals surface area contributed by atoms with Crippen molar-refractivity contribution in [1.29, 1.82) is 0 Å². The molecule has 0 spiro atoms. The highest BCUT2D eigenvalue weighted by molar-refractivity contribution is 5.94. The van der Waals surface area contributed by atoms with Crippen LogP contribution in [0.5, 0.6) is 0 Å². The first-order valence-electron chi connectivity index (χ1n) is 9.17. The topological polar surface area (TPSA) is 67.2 Å². The van der Waals surface area contributed by atoms with E-state index in [-0.39, 0.29) is 18.4 Å². The van der Waals surface area contributed by atoms with E-state index in [9.17, 15) is 9.59 Å². The first kappa shape index (κ1) is 19.4. The number of rotatable bonds is 7. The van der Waals surface area contributed by atoms with Crippen molar-refractivity contribution in [2.45, 2.75) is 20.0 Å². The van der Waals surface area contributed by atoms with Crippen LogP contribution in [0, 0.1) is 6.92 Å². The van der Waals surface area contributed by atoms with Gasteiger partial charge < -0.3 is 10.2 Å². The first-order chi connectivity index (χ1) is 13.5. The molecule has 0 aliphatic heterocycles. The molecule has 144 valence electrons. The van der Waals surface area contributed by atoms with Gasteiger partial charge in [0.25, 0.3) is 5.91 Å². The van der Waals surface area contributed by atoms with Gasteiger partial charge >= 0.3 is 0 Å². The van der Waals surface area contributed by atoms with E-state index in [1.807, 2.05) is 67.6 Å². The lowest BCUT2D eigenvalue weighted by atomic mass is 10.1. The second-order valence-corrected chi connectivity index (χ2v) is 6.70. The lowest BCUT2D eigenvalue weighted by Gasteiger charge is -2.23.